The van der Waals surface area contributed by atoms with Gasteiger partial charge in [0.1, 0.15) is 0 Å². The highest BCUT2D eigenvalue weighted by atomic mass is 32.2. The largest absolute Gasteiger partial charge is 0.481 e. The van der Waals surface area contributed by atoms with Crippen molar-refractivity contribution in [2.45, 2.75) is 12.8 Å². The lowest BCUT2D eigenvalue weighted by molar-refractivity contribution is -0.138. The Morgan fingerprint density at radius 3 is 2.50 bits per heavy atom. The van der Waals surface area contributed by atoms with Gasteiger partial charge in [-0.25, -0.2) is 8.42 Å². The highest BCUT2D eigenvalue weighted by Crippen LogP contribution is 2.16. The molecular weight excluding hydrogens is 206 g/mol. The number of aliphatic carboxylic acids is 1. The number of nitrogens with zero attached hydrogens (tertiary/aromatic N) is 1. The maximum absolute atomic E-state index is 11.1. The normalized spacial score (nSPS) is 13.9. The minimum absolute atomic E-state index is 0.475. The molecule has 0 aliphatic rings. The van der Waals surface area contributed by atoms with Crippen molar-refractivity contribution < 1.29 is 18.3 Å². The van der Waals surface area contributed by atoms with Crippen LogP contribution in [0.5, 0.6) is 0 Å². The third kappa shape index (κ3) is 2.14. The zero-order valence-corrected chi connectivity index (χ0v) is 8.65. The number of carboxylic acid groups (broad SMARTS) is 1. The Labute approximate surface area is 82.0 Å². The molecule has 1 atom stereocenters. The van der Waals surface area contributed by atoms with Crippen LogP contribution in [0.1, 0.15) is 18.4 Å². The van der Waals surface area contributed by atoms with Gasteiger partial charge in [-0.2, -0.15) is 0 Å². The predicted molar refractivity (Wildman–Crippen MR) is 50.7 cm³/mol. The first-order valence-electron chi connectivity index (χ1n) is 3.93. The molecule has 0 radical (unpaired) electrons. The molecule has 0 saturated heterocycles. The van der Waals surface area contributed by atoms with E-state index in [1.54, 1.807) is 0 Å². The van der Waals surface area contributed by atoms with Crippen molar-refractivity contribution in [2.24, 2.45) is 0 Å². The van der Waals surface area contributed by atoms with Gasteiger partial charge in [-0.1, -0.05) is 0 Å². The van der Waals surface area contributed by atoms with E-state index in [9.17, 15) is 13.2 Å². The van der Waals surface area contributed by atoms with Crippen molar-refractivity contribution in [2.75, 3.05) is 6.26 Å². The Bertz CT molecular complexity index is 446. The summed E-state index contributed by atoms with van der Waals surface area (Å²) in [6, 6.07) is 1.49. The van der Waals surface area contributed by atoms with Crippen LogP contribution in [0.4, 0.5) is 0 Å². The van der Waals surface area contributed by atoms with E-state index in [-0.39, 0.29) is 0 Å². The number of carboxylic acids is 1. The molecule has 0 bridgehead atoms. The van der Waals surface area contributed by atoms with Gasteiger partial charge in [0.2, 0.25) is 10.0 Å². The minimum atomic E-state index is -3.32. The van der Waals surface area contributed by atoms with Crippen molar-refractivity contribution in [1.82, 2.24) is 3.97 Å². The summed E-state index contributed by atoms with van der Waals surface area (Å²) >= 11 is 0. The van der Waals surface area contributed by atoms with E-state index < -0.39 is 21.9 Å². The Hall–Kier alpha value is -1.30. The molecule has 14 heavy (non-hydrogen) atoms. The topological polar surface area (TPSA) is 76.4 Å². The molecule has 0 aromatic carbocycles. The standard InChI is InChI=1S/C8H11NO4S/c1-6(8(10)11)7-3-4-9(5-7)14(2,12)13/h3-6H,1-2H3,(H,10,11). The average Bonchev–Trinajstić information content (AvgIpc) is 2.49. The van der Waals surface area contributed by atoms with Gasteiger partial charge in [-0.15, -0.1) is 0 Å². The number of rotatable bonds is 3. The van der Waals surface area contributed by atoms with Gasteiger partial charge in [0.25, 0.3) is 0 Å². The average molecular weight is 217 g/mol. The summed E-state index contributed by atoms with van der Waals surface area (Å²) in [5.74, 6) is -1.67. The minimum Gasteiger partial charge on any atom is -0.481 e. The molecule has 6 heteroatoms. The van der Waals surface area contributed by atoms with E-state index in [1.807, 2.05) is 0 Å². The monoisotopic (exact) mass is 217 g/mol. The van der Waals surface area contributed by atoms with Crippen LogP contribution in [0, 0.1) is 0 Å². The smallest absolute Gasteiger partial charge is 0.310 e. The summed E-state index contributed by atoms with van der Waals surface area (Å²) < 4.78 is 23.1. The fourth-order valence-electron chi connectivity index (χ4n) is 0.998. The molecule has 1 heterocycles. The number of hydrogen-bond acceptors (Lipinski definition) is 3. The summed E-state index contributed by atoms with van der Waals surface area (Å²) in [5, 5.41) is 8.69. The van der Waals surface area contributed by atoms with Gasteiger partial charge in [0.15, 0.2) is 0 Å². The van der Waals surface area contributed by atoms with Crippen LogP contribution in [0.2, 0.25) is 0 Å². The van der Waals surface area contributed by atoms with Crippen molar-refractivity contribution in [3.05, 3.63) is 24.0 Å². The second kappa shape index (κ2) is 3.45. The Morgan fingerprint density at radius 2 is 2.14 bits per heavy atom. The lowest BCUT2D eigenvalue weighted by Gasteiger charge is -2.02. The van der Waals surface area contributed by atoms with Gasteiger partial charge < -0.3 is 5.11 Å². The molecule has 1 rings (SSSR count). The summed E-state index contributed by atoms with van der Waals surface area (Å²) in [4.78, 5) is 10.6. The zero-order valence-electron chi connectivity index (χ0n) is 7.84. The first-order chi connectivity index (χ1) is 6.32. The van der Waals surface area contributed by atoms with E-state index in [1.165, 1.54) is 25.4 Å². The maximum Gasteiger partial charge on any atom is 0.310 e. The van der Waals surface area contributed by atoms with Crippen molar-refractivity contribution in [3.63, 3.8) is 0 Å². The molecule has 1 unspecified atom stereocenters. The fraction of sp³-hybridized carbons (Fsp3) is 0.375. The molecule has 0 aliphatic carbocycles. The van der Waals surface area contributed by atoms with Crippen LogP contribution in [0.3, 0.4) is 0 Å². The highest BCUT2D eigenvalue weighted by molar-refractivity contribution is 7.89. The summed E-state index contributed by atoms with van der Waals surface area (Å²) in [6.07, 6.45) is 3.71. The SMILES string of the molecule is CC(C(=O)O)c1ccn(S(C)(=O)=O)c1. The van der Waals surface area contributed by atoms with Gasteiger partial charge in [-0.05, 0) is 18.6 Å². The first kappa shape index (κ1) is 10.8. The lowest BCUT2D eigenvalue weighted by atomic mass is 10.1. The van der Waals surface area contributed by atoms with Gasteiger partial charge in [0, 0.05) is 12.4 Å². The first-order valence-corrected chi connectivity index (χ1v) is 5.78. The van der Waals surface area contributed by atoms with E-state index in [4.69, 9.17) is 5.11 Å². The van der Waals surface area contributed by atoms with E-state index in [0.29, 0.717) is 5.56 Å². The Kier molecular flexibility index (Phi) is 2.66. The Balaban J connectivity index is 3.06. The second-order valence-corrected chi connectivity index (χ2v) is 4.99. The summed E-state index contributed by atoms with van der Waals surface area (Å²) in [6.45, 7) is 1.50. The molecule has 0 spiro atoms. The maximum atomic E-state index is 11.1. The molecule has 1 aromatic heterocycles. The quantitative estimate of drug-likeness (QED) is 0.799. The van der Waals surface area contributed by atoms with Crippen LogP contribution in [-0.4, -0.2) is 29.7 Å². The number of carbonyl (C=O) groups is 1. The molecule has 0 amide bonds. The van der Waals surface area contributed by atoms with Gasteiger partial charge in [0.05, 0.1) is 12.2 Å². The molecule has 78 valence electrons. The van der Waals surface area contributed by atoms with Gasteiger partial charge in [-0.3, -0.25) is 8.77 Å². The van der Waals surface area contributed by atoms with Crippen LogP contribution < -0.4 is 0 Å². The molecule has 1 N–H and O–H groups in total. The van der Waals surface area contributed by atoms with Crippen molar-refractivity contribution in [3.8, 4) is 0 Å². The highest BCUT2D eigenvalue weighted by Gasteiger charge is 2.16. The molecular formula is C8H11NO4S. The van der Waals surface area contributed by atoms with Gasteiger partial charge >= 0.3 is 5.97 Å². The van der Waals surface area contributed by atoms with Crippen LogP contribution in [0.25, 0.3) is 0 Å². The van der Waals surface area contributed by atoms with Crippen LogP contribution in [0.15, 0.2) is 18.5 Å². The van der Waals surface area contributed by atoms with Crippen molar-refractivity contribution in [1.29, 1.82) is 0 Å². The summed E-state index contributed by atoms with van der Waals surface area (Å²) in [7, 11) is -3.32. The lowest BCUT2D eigenvalue weighted by Crippen LogP contribution is -2.09. The molecule has 1 aromatic rings. The summed E-state index contributed by atoms with van der Waals surface area (Å²) in [5.41, 5.74) is 0.475. The second-order valence-electron chi connectivity index (χ2n) is 3.10. The van der Waals surface area contributed by atoms with Crippen LogP contribution >= 0.6 is 0 Å². The zero-order chi connectivity index (χ0) is 10.9. The Morgan fingerprint density at radius 1 is 1.57 bits per heavy atom. The van der Waals surface area contributed by atoms with Crippen LogP contribution in [-0.2, 0) is 14.8 Å². The third-order valence-corrected chi connectivity index (χ3v) is 2.94. The van der Waals surface area contributed by atoms with E-state index in [2.05, 4.69) is 0 Å². The van der Waals surface area contributed by atoms with E-state index in [0.717, 1.165) is 10.2 Å². The number of aromatic nitrogens is 1. The third-order valence-electron chi connectivity index (χ3n) is 1.94. The molecule has 0 fully saturated rings. The predicted octanol–water partition coefficient (Wildman–Crippen LogP) is 0.484. The molecule has 0 saturated carbocycles. The van der Waals surface area contributed by atoms with E-state index >= 15 is 0 Å². The number of hydrogen-bond donors (Lipinski definition) is 1. The molecule has 5 nitrogen and oxygen atoms in total. The van der Waals surface area contributed by atoms with Crippen molar-refractivity contribution >= 4 is 16.0 Å². The molecule has 0 aliphatic heterocycles. The fourth-order valence-corrected chi connectivity index (χ4v) is 1.59.